The molecule has 1 rings (SSSR count). The van der Waals surface area contributed by atoms with Crippen molar-refractivity contribution in [3.05, 3.63) is 23.8 Å². The molecule has 0 bridgehead atoms. The van der Waals surface area contributed by atoms with Gasteiger partial charge in [-0.1, -0.05) is 0 Å². The number of hydrogen-bond donors (Lipinski definition) is 2. The maximum absolute atomic E-state index is 10.4. The smallest absolute Gasteiger partial charge is 0.186 e. The molecule has 1 aromatic carbocycles. The van der Waals surface area contributed by atoms with E-state index in [0.717, 1.165) is 0 Å². The lowest BCUT2D eigenvalue weighted by molar-refractivity contribution is 0.0743. The number of hydrogen-bond acceptors (Lipinski definition) is 5. The highest BCUT2D eigenvalue weighted by atomic mass is 16.6. The van der Waals surface area contributed by atoms with Gasteiger partial charge in [-0.2, -0.15) is 0 Å². The summed E-state index contributed by atoms with van der Waals surface area (Å²) >= 11 is 0. The van der Waals surface area contributed by atoms with Gasteiger partial charge in [0.05, 0.1) is 0 Å². The molecule has 0 spiro atoms. The number of carbonyl (C=O) groups excluding carboxylic acids is 1. The lowest BCUT2D eigenvalue weighted by Crippen LogP contribution is -2.01. The van der Waals surface area contributed by atoms with Crippen LogP contribution in [0.15, 0.2) is 18.2 Å². The molecule has 0 aromatic heterocycles. The highest BCUT2D eigenvalue weighted by Gasteiger charge is 2.05. The van der Waals surface area contributed by atoms with E-state index in [2.05, 4.69) is 0 Å². The number of benzene rings is 1. The zero-order valence-electron chi connectivity index (χ0n) is 7.34. The number of aliphatic hydroxyl groups is 2. The topological polar surface area (TPSA) is 76.0 Å². The van der Waals surface area contributed by atoms with Gasteiger partial charge in [0.1, 0.15) is 6.29 Å². The summed E-state index contributed by atoms with van der Waals surface area (Å²) in [7, 11) is 0. The molecule has 0 aliphatic heterocycles. The third-order valence-corrected chi connectivity index (χ3v) is 1.54. The Bertz CT molecular complexity index is 310. The van der Waals surface area contributed by atoms with Crippen molar-refractivity contribution in [1.82, 2.24) is 0 Å². The largest absolute Gasteiger partial charge is 0.464 e. The number of ether oxygens (including phenoxy) is 2. The van der Waals surface area contributed by atoms with Crippen LogP contribution in [0.4, 0.5) is 0 Å². The lowest BCUT2D eigenvalue weighted by atomic mass is 10.2. The normalized spacial score (nSPS) is 9.57. The van der Waals surface area contributed by atoms with Crippen molar-refractivity contribution in [3.8, 4) is 11.5 Å². The summed E-state index contributed by atoms with van der Waals surface area (Å²) < 4.78 is 9.59. The van der Waals surface area contributed by atoms with Gasteiger partial charge < -0.3 is 19.7 Å². The quantitative estimate of drug-likeness (QED) is 0.520. The molecule has 0 aliphatic rings. The van der Waals surface area contributed by atoms with Crippen molar-refractivity contribution >= 4 is 6.29 Å². The Labute approximate surface area is 80.5 Å². The number of carbonyl (C=O) groups is 1. The standard InChI is InChI=1S/C9H10O5/c10-4-7-1-2-8(13-5-11)9(3-7)14-6-12/h1-4,11-12H,5-6H2. The van der Waals surface area contributed by atoms with E-state index in [0.29, 0.717) is 11.8 Å². The number of aldehydes is 1. The van der Waals surface area contributed by atoms with Crippen molar-refractivity contribution in [1.29, 1.82) is 0 Å². The Balaban J connectivity index is 2.96. The first kappa shape index (κ1) is 10.5. The van der Waals surface area contributed by atoms with E-state index in [-0.39, 0.29) is 11.5 Å². The monoisotopic (exact) mass is 198 g/mol. The van der Waals surface area contributed by atoms with Crippen LogP contribution in [0.25, 0.3) is 0 Å². The molecule has 0 saturated carbocycles. The minimum atomic E-state index is -0.524. The van der Waals surface area contributed by atoms with Crippen molar-refractivity contribution in [2.24, 2.45) is 0 Å². The maximum atomic E-state index is 10.4. The molecule has 0 radical (unpaired) electrons. The summed E-state index contributed by atoms with van der Waals surface area (Å²) in [5.74, 6) is 0.485. The maximum Gasteiger partial charge on any atom is 0.186 e. The van der Waals surface area contributed by atoms with E-state index in [1.165, 1.54) is 18.2 Å². The van der Waals surface area contributed by atoms with Crippen LogP contribution in [-0.4, -0.2) is 30.1 Å². The number of aliphatic hydroxyl groups excluding tert-OH is 2. The predicted octanol–water partition coefficient (Wildman–Crippen LogP) is 0.156. The molecule has 1 aromatic rings. The predicted molar refractivity (Wildman–Crippen MR) is 47.3 cm³/mol. The zero-order valence-corrected chi connectivity index (χ0v) is 7.34. The van der Waals surface area contributed by atoms with Crippen LogP contribution in [-0.2, 0) is 0 Å². The van der Waals surface area contributed by atoms with Crippen LogP contribution in [0.5, 0.6) is 11.5 Å². The fourth-order valence-electron chi connectivity index (χ4n) is 0.969. The average Bonchev–Trinajstić information content (AvgIpc) is 2.21. The SMILES string of the molecule is O=Cc1ccc(OCO)c(OCO)c1. The molecule has 76 valence electrons. The Morgan fingerprint density at radius 1 is 1.14 bits per heavy atom. The third kappa shape index (κ3) is 2.45. The molecule has 0 atom stereocenters. The van der Waals surface area contributed by atoms with Gasteiger partial charge >= 0.3 is 0 Å². The van der Waals surface area contributed by atoms with Gasteiger partial charge in [-0.05, 0) is 18.2 Å². The van der Waals surface area contributed by atoms with E-state index in [1.54, 1.807) is 0 Å². The Morgan fingerprint density at radius 2 is 1.79 bits per heavy atom. The molecular formula is C9H10O5. The van der Waals surface area contributed by atoms with E-state index in [9.17, 15) is 4.79 Å². The van der Waals surface area contributed by atoms with E-state index in [1.807, 2.05) is 0 Å². The first-order chi connectivity index (χ1) is 6.81. The van der Waals surface area contributed by atoms with Gasteiger partial charge in [-0.15, -0.1) is 0 Å². The minimum absolute atomic E-state index is 0.214. The highest BCUT2D eigenvalue weighted by molar-refractivity contribution is 5.76. The van der Waals surface area contributed by atoms with E-state index < -0.39 is 13.6 Å². The second-order valence-electron chi connectivity index (χ2n) is 2.37. The Morgan fingerprint density at radius 3 is 2.36 bits per heavy atom. The molecule has 2 N–H and O–H groups in total. The molecule has 5 nitrogen and oxygen atoms in total. The average molecular weight is 198 g/mol. The molecule has 0 fully saturated rings. The third-order valence-electron chi connectivity index (χ3n) is 1.54. The fourth-order valence-corrected chi connectivity index (χ4v) is 0.969. The van der Waals surface area contributed by atoms with Crippen molar-refractivity contribution in [3.63, 3.8) is 0 Å². The lowest BCUT2D eigenvalue weighted by Gasteiger charge is -2.09. The summed E-state index contributed by atoms with van der Waals surface area (Å²) in [4.78, 5) is 10.4. The van der Waals surface area contributed by atoms with Crippen molar-refractivity contribution < 1.29 is 24.5 Å². The molecule has 14 heavy (non-hydrogen) atoms. The van der Waals surface area contributed by atoms with E-state index in [4.69, 9.17) is 19.7 Å². The molecule has 0 heterocycles. The van der Waals surface area contributed by atoms with Crippen LogP contribution in [0, 0.1) is 0 Å². The van der Waals surface area contributed by atoms with Gasteiger partial charge in [-0.25, -0.2) is 0 Å². The summed E-state index contributed by atoms with van der Waals surface area (Å²) in [5, 5.41) is 17.1. The Kier molecular flexibility index (Phi) is 3.90. The first-order valence-corrected chi connectivity index (χ1v) is 3.88. The van der Waals surface area contributed by atoms with Crippen LogP contribution < -0.4 is 9.47 Å². The molecular weight excluding hydrogens is 188 g/mol. The molecule has 0 aliphatic carbocycles. The summed E-state index contributed by atoms with van der Waals surface area (Å²) in [5.41, 5.74) is 0.402. The summed E-state index contributed by atoms with van der Waals surface area (Å²) in [6.45, 7) is -1.02. The molecule has 0 amide bonds. The fraction of sp³-hybridized carbons (Fsp3) is 0.222. The summed E-state index contributed by atoms with van der Waals surface area (Å²) in [6, 6.07) is 4.40. The minimum Gasteiger partial charge on any atom is -0.464 e. The van der Waals surface area contributed by atoms with Crippen LogP contribution in [0.3, 0.4) is 0 Å². The molecule has 0 unspecified atom stereocenters. The zero-order chi connectivity index (χ0) is 10.4. The van der Waals surface area contributed by atoms with Crippen molar-refractivity contribution in [2.45, 2.75) is 0 Å². The second-order valence-corrected chi connectivity index (χ2v) is 2.37. The van der Waals surface area contributed by atoms with Gasteiger partial charge in [0.2, 0.25) is 0 Å². The van der Waals surface area contributed by atoms with Gasteiger partial charge in [0.25, 0.3) is 0 Å². The highest BCUT2D eigenvalue weighted by Crippen LogP contribution is 2.27. The van der Waals surface area contributed by atoms with Crippen LogP contribution in [0.1, 0.15) is 10.4 Å². The first-order valence-electron chi connectivity index (χ1n) is 3.88. The Hall–Kier alpha value is -1.59. The van der Waals surface area contributed by atoms with Crippen LogP contribution in [0.2, 0.25) is 0 Å². The van der Waals surface area contributed by atoms with E-state index >= 15 is 0 Å². The van der Waals surface area contributed by atoms with Crippen LogP contribution >= 0.6 is 0 Å². The number of rotatable bonds is 5. The molecule has 0 saturated heterocycles. The second kappa shape index (κ2) is 5.21. The van der Waals surface area contributed by atoms with Gasteiger partial charge in [0.15, 0.2) is 25.1 Å². The summed E-state index contributed by atoms with van der Waals surface area (Å²) in [6.07, 6.45) is 0.646. The molecule has 5 heteroatoms. The van der Waals surface area contributed by atoms with Gasteiger partial charge in [0, 0.05) is 5.56 Å². The van der Waals surface area contributed by atoms with Gasteiger partial charge in [-0.3, -0.25) is 4.79 Å². The van der Waals surface area contributed by atoms with Crippen molar-refractivity contribution in [2.75, 3.05) is 13.6 Å².